The molecule has 1 aliphatic heterocycles. The van der Waals surface area contributed by atoms with Crippen molar-refractivity contribution in [2.75, 3.05) is 31.2 Å². The summed E-state index contributed by atoms with van der Waals surface area (Å²) in [6.07, 6.45) is 4.26. The van der Waals surface area contributed by atoms with Gasteiger partial charge in [-0.25, -0.2) is 4.79 Å². The number of aromatic nitrogens is 2. The molecule has 1 unspecified atom stereocenters. The van der Waals surface area contributed by atoms with E-state index in [4.69, 9.17) is 43.5 Å². The number of carbonyl (C=O) groups excluding carboxylic acids is 2. The number of ether oxygens (including phenoxy) is 2. The summed E-state index contributed by atoms with van der Waals surface area (Å²) in [5.74, 6) is -0.299. The van der Waals surface area contributed by atoms with Crippen LogP contribution < -0.4 is 20.7 Å². The Morgan fingerprint density at radius 2 is 1.91 bits per heavy atom. The molecule has 2 heterocycles. The van der Waals surface area contributed by atoms with Crippen molar-refractivity contribution in [2.45, 2.75) is 31.8 Å². The van der Waals surface area contributed by atoms with E-state index in [0.717, 1.165) is 34.4 Å². The Balaban J connectivity index is 1.14. The van der Waals surface area contributed by atoms with Crippen LogP contribution in [0.5, 0.6) is 5.75 Å². The minimum atomic E-state index is -1.20. The number of nitrogens with two attached hydrogens (primary N) is 1. The Kier molecular flexibility index (Phi) is 9.40. The first kappa shape index (κ1) is 32.4. The monoisotopic (exact) mass is 677 g/mol. The zero-order valence-electron chi connectivity index (χ0n) is 25.5. The number of aliphatic carboxylic acids is 1. The van der Waals surface area contributed by atoms with E-state index in [-0.39, 0.29) is 19.8 Å². The predicted molar refractivity (Wildman–Crippen MR) is 177 cm³/mol. The highest BCUT2D eigenvalue weighted by Crippen LogP contribution is 2.57. The van der Waals surface area contributed by atoms with Gasteiger partial charge in [-0.05, 0) is 78.3 Å². The Hall–Kier alpha value is -4.58. The molecule has 2 aliphatic rings. The van der Waals surface area contributed by atoms with E-state index >= 15 is 0 Å². The normalized spacial score (nSPS) is 16.9. The molecule has 4 N–H and O–H groups in total. The van der Waals surface area contributed by atoms with Crippen molar-refractivity contribution < 1.29 is 29.0 Å². The van der Waals surface area contributed by atoms with Gasteiger partial charge in [0.05, 0.1) is 18.4 Å². The van der Waals surface area contributed by atoms with Crippen molar-refractivity contribution in [3.8, 4) is 16.9 Å². The topological polar surface area (TPSA) is 149 Å². The first-order valence-electron chi connectivity index (χ1n) is 15.1. The molecule has 244 valence electrons. The van der Waals surface area contributed by atoms with Crippen LogP contribution in [0.4, 0.5) is 10.5 Å². The third kappa shape index (κ3) is 7.07. The highest BCUT2D eigenvalue weighted by atomic mass is 35.5. The molecule has 47 heavy (non-hydrogen) atoms. The Bertz CT molecular complexity index is 1850. The van der Waals surface area contributed by atoms with E-state index in [0.29, 0.717) is 51.8 Å². The summed E-state index contributed by atoms with van der Waals surface area (Å²) in [7, 11) is 0. The largest absolute Gasteiger partial charge is 0.490 e. The van der Waals surface area contributed by atoms with E-state index in [9.17, 15) is 14.4 Å². The maximum atomic E-state index is 13.3. The second-order valence-corrected chi connectivity index (χ2v) is 12.5. The number of rotatable bonds is 11. The molecule has 11 nitrogen and oxygen atoms in total. The van der Waals surface area contributed by atoms with Gasteiger partial charge in [-0.1, -0.05) is 41.4 Å². The van der Waals surface area contributed by atoms with E-state index in [2.05, 4.69) is 10.4 Å². The SMILES string of the molecule is Cc1c(Cl)cccc1OCCOC(=O)N1C[C@@H]2C[C@@H]2c2c(-c3cnn(Cc4cc(C(=O)NCC(N)C(=O)O)ccc4Cl)c3)cccc21. The fourth-order valence-electron chi connectivity index (χ4n) is 5.83. The molecule has 3 aromatic carbocycles. The summed E-state index contributed by atoms with van der Waals surface area (Å²) in [5.41, 5.74) is 11.1. The van der Waals surface area contributed by atoms with Crippen molar-refractivity contribution in [3.05, 3.63) is 99.3 Å². The van der Waals surface area contributed by atoms with Crippen LogP contribution in [-0.2, 0) is 16.1 Å². The first-order chi connectivity index (χ1) is 22.6. The summed E-state index contributed by atoms with van der Waals surface area (Å²) < 4.78 is 13.1. The number of anilines is 1. The van der Waals surface area contributed by atoms with Crippen LogP contribution in [0.2, 0.25) is 10.0 Å². The molecule has 1 aromatic heterocycles. The summed E-state index contributed by atoms with van der Waals surface area (Å²) in [6, 6.07) is 15.0. The van der Waals surface area contributed by atoms with Gasteiger partial charge in [-0.15, -0.1) is 0 Å². The average Bonchev–Trinajstić information content (AvgIpc) is 3.71. The van der Waals surface area contributed by atoms with E-state index < -0.39 is 24.0 Å². The number of carbonyl (C=O) groups is 3. The number of hydrogen-bond donors (Lipinski definition) is 3. The molecule has 1 aliphatic carbocycles. The number of amides is 2. The van der Waals surface area contributed by atoms with Gasteiger partial charge in [0.2, 0.25) is 0 Å². The predicted octanol–water partition coefficient (Wildman–Crippen LogP) is 5.49. The summed E-state index contributed by atoms with van der Waals surface area (Å²) in [4.78, 5) is 38.5. The summed E-state index contributed by atoms with van der Waals surface area (Å²) in [5, 5.41) is 17.1. The Labute approximate surface area is 281 Å². The number of carboxylic acid groups (broad SMARTS) is 1. The molecule has 2 amide bonds. The lowest BCUT2D eigenvalue weighted by Crippen LogP contribution is -2.42. The lowest BCUT2D eigenvalue weighted by molar-refractivity contribution is -0.138. The molecule has 0 radical (unpaired) electrons. The van der Waals surface area contributed by atoms with Crippen LogP contribution >= 0.6 is 23.2 Å². The molecule has 13 heteroatoms. The van der Waals surface area contributed by atoms with Gasteiger partial charge in [-0.2, -0.15) is 5.10 Å². The molecule has 3 atom stereocenters. The smallest absolute Gasteiger partial charge is 0.414 e. The zero-order valence-corrected chi connectivity index (χ0v) is 27.0. The van der Waals surface area contributed by atoms with Crippen molar-refractivity contribution in [1.82, 2.24) is 15.1 Å². The molecular weight excluding hydrogens is 645 g/mol. The standard InChI is InChI=1S/C34H33Cl2N5O6/c1-19-26(35)5-3-7-30(19)46-10-11-47-34(45)41-18-21-13-25(21)31-24(4-2-6-29(31)41)23-14-39-40(17-23)16-22-12-20(8-9-27(22)36)32(42)38-15-28(37)33(43)44/h2-9,12,14,17,21,25,28H,10-11,13,15-16,18,37H2,1H3,(H,38,42)(H,43,44)/t21-,25-,28?/m0/s1. The highest BCUT2D eigenvalue weighted by Gasteiger charge is 2.48. The Morgan fingerprint density at radius 3 is 2.72 bits per heavy atom. The molecule has 4 aromatic rings. The molecule has 1 saturated carbocycles. The minimum absolute atomic E-state index is 0.0957. The van der Waals surface area contributed by atoms with Gasteiger partial charge in [0, 0.05) is 46.0 Å². The highest BCUT2D eigenvalue weighted by molar-refractivity contribution is 6.31. The second kappa shape index (κ2) is 13.6. The lowest BCUT2D eigenvalue weighted by atomic mass is 9.93. The number of halogens is 2. The van der Waals surface area contributed by atoms with Gasteiger partial charge in [-0.3, -0.25) is 19.2 Å². The van der Waals surface area contributed by atoms with Crippen LogP contribution in [0, 0.1) is 12.8 Å². The molecule has 0 saturated heterocycles. The van der Waals surface area contributed by atoms with Crippen LogP contribution in [0.15, 0.2) is 67.0 Å². The number of fused-ring (bicyclic) bond motifs is 3. The van der Waals surface area contributed by atoms with Crippen LogP contribution in [-0.4, -0.2) is 65.2 Å². The summed E-state index contributed by atoms with van der Waals surface area (Å²) >= 11 is 12.6. The quantitative estimate of drug-likeness (QED) is 0.176. The van der Waals surface area contributed by atoms with Crippen LogP contribution in [0.3, 0.4) is 0 Å². The molecular formula is C34H33Cl2N5O6. The zero-order chi connectivity index (χ0) is 33.2. The first-order valence-corrected chi connectivity index (χ1v) is 15.9. The Morgan fingerprint density at radius 1 is 1.11 bits per heavy atom. The van der Waals surface area contributed by atoms with Crippen molar-refractivity contribution in [1.29, 1.82) is 0 Å². The fourth-order valence-corrected chi connectivity index (χ4v) is 6.18. The molecule has 0 spiro atoms. The van der Waals surface area contributed by atoms with Gasteiger partial charge in [0.15, 0.2) is 0 Å². The number of nitrogens with zero attached hydrogens (tertiary/aromatic N) is 3. The van der Waals surface area contributed by atoms with Crippen LogP contribution in [0.25, 0.3) is 11.1 Å². The summed E-state index contributed by atoms with van der Waals surface area (Å²) in [6.45, 7) is 2.86. The van der Waals surface area contributed by atoms with Crippen molar-refractivity contribution >= 4 is 46.9 Å². The number of benzene rings is 3. The van der Waals surface area contributed by atoms with Gasteiger partial charge >= 0.3 is 12.1 Å². The lowest BCUT2D eigenvalue weighted by Gasteiger charge is -2.29. The van der Waals surface area contributed by atoms with Crippen molar-refractivity contribution in [3.63, 3.8) is 0 Å². The average molecular weight is 679 g/mol. The van der Waals surface area contributed by atoms with Crippen molar-refractivity contribution in [2.24, 2.45) is 11.7 Å². The van der Waals surface area contributed by atoms with E-state index in [1.54, 1.807) is 40.0 Å². The maximum absolute atomic E-state index is 13.3. The minimum Gasteiger partial charge on any atom is -0.490 e. The number of nitrogens with one attached hydrogen (secondary N) is 1. The van der Waals surface area contributed by atoms with Gasteiger partial charge in [0.25, 0.3) is 5.91 Å². The third-order valence-electron chi connectivity index (χ3n) is 8.47. The van der Waals surface area contributed by atoms with E-state index in [1.165, 1.54) is 0 Å². The van der Waals surface area contributed by atoms with Gasteiger partial charge < -0.3 is 25.6 Å². The number of carboxylic acids is 1. The molecule has 1 fully saturated rings. The van der Waals surface area contributed by atoms with Gasteiger partial charge in [0.1, 0.15) is 25.0 Å². The third-order valence-corrected chi connectivity index (χ3v) is 9.25. The second-order valence-electron chi connectivity index (χ2n) is 11.7. The number of hydrogen-bond acceptors (Lipinski definition) is 7. The molecule has 6 rings (SSSR count). The van der Waals surface area contributed by atoms with Crippen LogP contribution in [0.1, 0.15) is 39.4 Å². The maximum Gasteiger partial charge on any atom is 0.414 e. The molecule has 0 bridgehead atoms. The fraction of sp³-hybridized carbons (Fsp3) is 0.294. The van der Waals surface area contributed by atoms with E-state index in [1.807, 2.05) is 43.5 Å².